The van der Waals surface area contributed by atoms with Gasteiger partial charge in [-0.3, -0.25) is 4.79 Å². The molecule has 1 N–H and O–H groups in total. The number of aliphatic hydroxyl groups excluding tert-OH is 1. The molecule has 0 aromatic carbocycles. The predicted molar refractivity (Wildman–Crippen MR) is 61.9 cm³/mol. The molecule has 1 aliphatic heterocycles. The van der Waals surface area contributed by atoms with Crippen molar-refractivity contribution in [1.82, 2.24) is 4.31 Å². The highest BCUT2D eigenvalue weighted by molar-refractivity contribution is 7.89. The Hall–Kier alpha value is -0.660. The maximum atomic E-state index is 11.8. The molecule has 1 saturated heterocycles. The topological polar surface area (TPSA) is 83.9 Å². The van der Waals surface area contributed by atoms with Gasteiger partial charge in [0.2, 0.25) is 10.0 Å². The van der Waals surface area contributed by atoms with Crippen molar-refractivity contribution in [3.05, 3.63) is 0 Å². The van der Waals surface area contributed by atoms with E-state index in [1.807, 2.05) is 0 Å². The third-order valence-electron chi connectivity index (χ3n) is 2.62. The zero-order valence-corrected chi connectivity index (χ0v) is 10.8. The van der Waals surface area contributed by atoms with E-state index in [0.29, 0.717) is 19.4 Å². The number of carbonyl (C=O) groups is 1. The van der Waals surface area contributed by atoms with Gasteiger partial charge in [0.1, 0.15) is 0 Å². The van der Waals surface area contributed by atoms with Crippen LogP contribution in [0.5, 0.6) is 0 Å². The molecule has 0 saturated carbocycles. The number of aliphatic hydroxyl groups is 1. The van der Waals surface area contributed by atoms with E-state index in [1.165, 1.54) is 4.31 Å². The smallest absolute Gasteiger partial charge is 0.306 e. The third kappa shape index (κ3) is 4.61. The van der Waals surface area contributed by atoms with Crippen LogP contribution in [0, 0.1) is 0 Å². The number of carbonyl (C=O) groups excluding carboxylic acids is 1. The van der Waals surface area contributed by atoms with Gasteiger partial charge >= 0.3 is 5.97 Å². The van der Waals surface area contributed by atoms with Gasteiger partial charge in [0, 0.05) is 13.1 Å². The van der Waals surface area contributed by atoms with Crippen molar-refractivity contribution in [2.45, 2.75) is 32.3 Å². The van der Waals surface area contributed by atoms with Gasteiger partial charge in [-0.25, -0.2) is 8.42 Å². The Morgan fingerprint density at radius 1 is 1.53 bits per heavy atom. The number of nitrogens with zero attached hydrogens (tertiary/aromatic N) is 1. The Bertz CT molecular complexity index is 354. The van der Waals surface area contributed by atoms with Crippen molar-refractivity contribution in [2.75, 3.05) is 25.4 Å². The number of hydrogen-bond acceptors (Lipinski definition) is 5. The summed E-state index contributed by atoms with van der Waals surface area (Å²) in [4.78, 5) is 11.1. The standard InChI is InChI=1S/C10H19NO5S/c1-2-16-10(13)5-7-17(14,15)11-6-3-4-9(12)8-11/h9,12H,2-8H2,1H3. The Morgan fingerprint density at radius 2 is 2.24 bits per heavy atom. The molecule has 1 heterocycles. The third-order valence-corrected chi connectivity index (χ3v) is 4.46. The summed E-state index contributed by atoms with van der Waals surface area (Å²) in [6, 6.07) is 0. The molecule has 0 bridgehead atoms. The summed E-state index contributed by atoms with van der Waals surface area (Å²) in [5.41, 5.74) is 0. The maximum absolute atomic E-state index is 11.8. The lowest BCUT2D eigenvalue weighted by atomic mass is 10.1. The van der Waals surface area contributed by atoms with Gasteiger partial charge in [-0.15, -0.1) is 0 Å². The number of esters is 1. The average Bonchev–Trinajstić information content (AvgIpc) is 2.27. The molecule has 100 valence electrons. The summed E-state index contributed by atoms with van der Waals surface area (Å²) in [6.45, 7) is 2.47. The molecule has 0 radical (unpaired) electrons. The number of piperidine rings is 1. The van der Waals surface area contributed by atoms with Gasteiger partial charge in [0.15, 0.2) is 0 Å². The molecular formula is C10H19NO5S. The van der Waals surface area contributed by atoms with Gasteiger partial charge in [0.05, 0.1) is 24.9 Å². The largest absolute Gasteiger partial charge is 0.466 e. The first kappa shape index (κ1) is 14.4. The quantitative estimate of drug-likeness (QED) is 0.692. The summed E-state index contributed by atoms with van der Waals surface area (Å²) < 4.78 is 29.6. The monoisotopic (exact) mass is 265 g/mol. The highest BCUT2D eigenvalue weighted by atomic mass is 32.2. The van der Waals surface area contributed by atoms with E-state index >= 15 is 0 Å². The zero-order valence-electron chi connectivity index (χ0n) is 9.96. The molecule has 0 aromatic heterocycles. The molecular weight excluding hydrogens is 246 g/mol. The molecule has 6 nitrogen and oxygen atoms in total. The van der Waals surface area contributed by atoms with Gasteiger partial charge < -0.3 is 9.84 Å². The number of sulfonamides is 1. The highest BCUT2D eigenvalue weighted by Crippen LogP contribution is 2.14. The van der Waals surface area contributed by atoms with Crippen molar-refractivity contribution >= 4 is 16.0 Å². The van der Waals surface area contributed by atoms with Crippen LogP contribution in [0.15, 0.2) is 0 Å². The van der Waals surface area contributed by atoms with Crippen LogP contribution in [0.2, 0.25) is 0 Å². The van der Waals surface area contributed by atoms with Gasteiger partial charge in [0.25, 0.3) is 0 Å². The highest BCUT2D eigenvalue weighted by Gasteiger charge is 2.28. The molecule has 0 aromatic rings. The van der Waals surface area contributed by atoms with Crippen LogP contribution < -0.4 is 0 Å². The summed E-state index contributed by atoms with van der Waals surface area (Å²) in [6.07, 6.45) is 0.549. The molecule has 1 aliphatic rings. The fourth-order valence-corrected chi connectivity index (χ4v) is 3.24. The average molecular weight is 265 g/mol. The van der Waals surface area contributed by atoms with Crippen LogP contribution in [0.1, 0.15) is 26.2 Å². The van der Waals surface area contributed by atoms with Gasteiger partial charge in [-0.1, -0.05) is 0 Å². The van der Waals surface area contributed by atoms with Crippen LogP contribution in [0.3, 0.4) is 0 Å². The molecule has 0 aliphatic carbocycles. The Balaban J connectivity index is 2.47. The van der Waals surface area contributed by atoms with E-state index in [2.05, 4.69) is 4.74 Å². The second kappa shape index (κ2) is 6.32. The second-order valence-electron chi connectivity index (χ2n) is 4.03. The lowest BCUT2D eigenvalue weighted by molar-refractivity contribution is -0.142. The first-order valence-electron chi connectivity index (χ1n) is 5.77. The molecule has 1 unspecified atom stereocenters. The number of ether oxygens (including phenoxy) is 1. The fourth-order valence-electron chi connectivity index (χ4n) is 1.75. The first-order chi connectivity index (χ1) is 7.95. The second-order valence-corrected chi connectivity index (χ2v) is 6.11. The van der Waals surface area contributed by atoms with Crippen molar-refractivity contribution in [2.24, 2.45) is 0 Å². The zero-order chi connectivity index (χ0) is 12.9. The summed E-state index contributed by atoms with van der Waals surface area (Å²) >= 11 is 0. The molecule has 17 heavy (non-hydrogen) atoms. The summed E-state index contributed by atoms with van der Waals surface area (Å²) in [7, 11) is -3.46. The van der Waals surface area contributed by atoms with Crippen LogP contribution >= 0.6 is 0 Å². The Kier molecular flexibility index (Phi) is 5.35. The number of β-amino-alcohol motifs (C(OH)–C–C–N with tert-alkyl or cyclic N) is 1. The lowest BCUT2D eigenvalue weighted by Gasteiger charge is -2.29. The minimum Gasteiger partial charge on any atom is -0.466 e. The van der Waals surface area contributed by atoms with E-state index in [1.54, 1.807) is 6.92 Å². The van der Waals surface area contributed by atoms with Crippen molar-refractivity contribution in [3.8, 4) is 0 Å². The van der Waals surface area contributed by atoms with Gasteiger partial charge in [-0.05, 0) is 19.8 Å². The summed E-state index contributed by atoms with van der Waals surface area (Å²) in [5.74, 6) is -0.757. The van der Waals surface area contributed by atoms with Gasteiger partial charge in [-0.2, -0.15) is 4.31 Å². The van der Waals surface area contributed by atoms with Crippen molar-refractivity contribution in [3.63, 3.8) is 0 Å². The van der Waals surface area contributed by atoms with Crippen LogP contribution in [0.25, 0.3) is 0 Å². The predicted octanol–water partition coefficient (Wildman–Crippen LogP) is -0.274. The van der Waals surface area contributed by atoms with E-state index in [9.17, 15) is 18.3 Å². The normalized spacial score (nSPS) is 22.4. The lowest BCUT2D eigenvalue weighted by Crippen LogP contribution is -2.43. The molecule has 7 heteroatoms. The first-order valence-corrected chi connectivity index (χ1v) is 7.38. The van der Waals surface area contributed by atoms with Crippen LogP contribution in [-0.4, -0.2) is 55.4 Å². The fraction of sp³-hybridized carbons (Fsp3) is 0.900. The summed E-state index contributed by atoms with van der Waals surface area (Å²) in [5, 5.41) is 9.41. The molecule has 1 fully saturated rings. The molecule has 1 atom stereocenters. The van der Waals surface area contributed by atoms with Crippen molar-refractivity contribution in [1.29, 1.82) is 0 Å². The Labute approximate surface area is 102 Å². The van der Waals surface area contributed by atoms with Crippen LogP contribution in [-0.2, 0) is 19.6 Å². The van der Waals surface area contributed by atoms with Crippen LogP contribution in [0.4, 0.5) is 0 Å². The SMILES string of the molecule is CCOC(=O)CCS(=O)(=O)N1CCCC(O)C1. The van der Waals surface area contributed by atoms with E-state index in [-0.39, 0.29) is 25.3 Å². The van der Waals surface area contributed by atoms with Crippen molar-refractivity contribution < 1.29 is 23.1 Å². The van der Waals surface area contributed by atoms with E-state index in [4.69, 9.17) is 0 Å². The van der Waals surface area contributed by atoms with E-state index in [0.717, 1.165) is 0 Å². The molecule has 0 amide bonds. The molecule has 1 rings (SSSR count). The minimum absolute atomic E-state index is 0.130. The molecule has 0 spiro atoms. The number of hydrogen-bond donors (Lipinski definition) is 1. The van der Waals surface area contributed by atoms with E-state index < -0.39 is 22.1 Å². The number of rotatable bonds is 5. The Morgan fingerprint density at radius 3 is 2.82 bits per heavy atom. The minimum atomic E-state index is -3.46. The maximum Gasteiger partial charge on any atom is 0.306 e.